The smallest absolute Gasteiger partial charge is 0.265 e. The van der Waals surface area contributed by atoms with E-state index in [1.165, 1.54) is 34.9 Å². The molecule has 0 atom stereocenters. The number of fused-ring (bicyclic) bond motifs is 1. The van der Waals surface area contributed by atoms with Crippen molar-refractivity contribution >= 4 is 41.0 Å². The Morgan fingerprint density at radius 3 is 2.17 bits per heavy atom. The number of thioether (sulfide) groups is 1. The van der Waals surface area contributed by atoms with Crippen molar-refractivity contribution in [1.82, 2.24) is 4.90 Å². The predicted octanol–water partition coefficient (Wildman–Crippen LogP) is 4.79. The van der Waals surface area contributed by atoms with E-state index < -0.39 is 5.82 Å². The van der Waals surface area contributed by atoms with E-state index in [4.69, 9.17) is 0 Å². The number of anilines is 2. The molecule has 5 nitrogen and oxygen atoms in total. The second-order valence-corrected chi connectivity index (χ2v) is 9.39. The third-order valence-corrected chi connectivity index (χ3v) is 7.22. The van der Waals surface area contributed by atoms with Crippen LogP contribution in [0.25, 0.3) is 6.08 Å². The van der Waals surface area contributed by atoms with E-state index in [2.05, 4.69) is 0 Å². The fraction of sp³-hybridized carbons (Fsp3) is 0.185. The molecule has 8 heteroatoms. The lowest BCUT2D eigenvalue weighted by molar-refractivity contribution is -0.131. The minimum Gasteiger partial charge on any atom is -0.366 e. The Kier molecular flexibility index (Phi) is 6.55. The van der Waals surface area contributed by atoms with E-state index in [1.807, 2.05) is 29.2 Å². The largest absolute Gasteiger partial charge is 0.366 e. The summed E-state index contributed by atoms with van der Waals surface area (Å²) in [6.07, 6.45) is 1.53. The van der Waals surface area contributed by atoms with Gasteiger partial charge in [-0.05, 0) is 36.4 Å². The summed E-state index contributed by atoms with van der Waals surface area (Å²) in [7, 11) is 0. The summed E-state index contributed by atoms with van der Waals surface area (Å²) in [4.78, 5) is 32.9. The van der Waals surface area contributed by atoms with Crippen molar-refractivity contribution < 1.29 is 18.4 Å². The highest BCUT2D eigenvalue weighted by Crippen LogP contribution is 2.42. The molecular weight excluding hydrogens is 468 g/mol. The molecule has 2 aliphatic heterocycles. The third-order valence-electron chi connectivity index (χ3n) is 6.14. The van der Waals surface area contributed by atoms with Crippen LogP contribution in [-0.2, 0) is 9.59 Å². The average Bonchev–Trinajstić information content (AvgIpc) is 2.88. The molecule has 0 saturated carbocycles. The van der Waals surface area contributed by atoms with Crippen LogP contribution in [0.3, 0.4) is 0 Å². The first-order chi connectivity index (χ1) is 17.0. The second kappa shape index (κ2) is 9.92. The fourth-order valence-corrected chi connectivity index (χ4v) is 5.34. The van der Waals surface area contributed by atoms with Crippen molar-refractivity contribution in [2.75, 3.05) is 42.5 Å². The van der Waals surface area contributed by atoms with Gasteiger partial charge >= 0.3 is 0 Å². The van der Waals surface area contributed by atoms with Crippen LogP contribution >= 0.6 is 11.8 Å². The molecule has 0 bridgehead atoms. The first kappa shape index (κ1) is 23.1. The van der Waals surface area contributed by atoms with Crippen LogP contribution in [0.15, 0.2) is 82.6 Å². The standard InChI is InChI=1S/C27H23F2N3O2S/c28-20-8-2-1-7-19(20)17-25-27(34)32(23-11-5-6-12-24(23)35-25)18-26(33)31-15-13-30(14-16-31)22-10-4-3-9-21(22)29/h1-12,17H,13-16,18H2/b25-17-. The second-order valence-electron chi connectivity index (χ2n) is 8.31. The Morgan fingerprint density at radius 2 is 1.46 bits per heavy atom. The monoisotopic (exact) mass is 491 g/mol. The van der Waals surface area contributed by atoms with Crippen LogP contribution < -0.4 is 9.80 Å². The number of para-hydroxylation sites is 2. The highest BCUT2D eigenvalue weighted by Gasteiger charge is 2.32. The van der Waals surface area contributed by atoms with E-state index in [1.54, 1.807) is 41.3 Å². The van der Waals surface area contributed by atoms with Gasteiger partial charge in [0.05, 0.1) is 16.3 Å². The molecule has 3 aromatic rings. The molecule has 178 valence electrons. The topological polar surface area (TPSA) is 43.9 Å². The van der Waals surface area contributed by atoms with Crippen LogP contribution in [0.5, 0.6) is 0 Å². The number of rotatable bonds is 4. The first-order valence-electron chi connectivity index (χ1n) is 11.3. The molecule has 0 aromatic heterocycles. The summed E-state index contributed by atoms with van der Waals surface area (Å²) in [5, 5.41) is 0. The van der Waals surface area contributed by atoms with Gasteiger partial charge in [-0.1, -0.05) is 54.2 Å². The lowest BCUT2D eigenvalue weighted by atomic mass is 10.2. The van der Waals surface area contributed by atoms with E-state index in [0.29, 0.717) is 48.0 Å². The fourth-order valence-electron chi connectivity index (χ4n) is 4.29. The first-order valence-corrected chi connectivity index (χ1v) is 12.1. The Bertz CT molecular complexity index is 1300. The Balaban J connectivity index is 1.33. The lowest BCUT2D eigenvalue weighted by Gasteiger charge is -2.37. The predicted molar refractivity (Wildman–Crippen MR) is 134 cm³/mol. The molecule has 0 aliphatic carbocycles. The van der Waals surface area contributed by atoms with E-state index in [9.17, 15) is 18.4 Å². The summed E-state index contributed by atoms with van der Waals surface area (Å²) in [6, 6.07) is 20.3. The van der Waals surface area contributed by atoms with Crippen molar-refractivity contribution in [1.29, 1.82) is 0 Å². The Morgan fingerprint density at radius 1 is 0.829 bits per heavy atom. The van der Waals surface area contributed by atoms with E-state index in [-0.39, 0.29) is 24.2 Å². The molecule has 5 rings (SSSR count). The number of carbonyl (C=O) groups excluding carboxylic acids is 2. The Labute approximate surface area is 206 Å². The van der Waals surface area contributed by atoms with Gasteiger partial charge in [0.1, 0.15) is 18.2 Å². The van der Waals surface area contributed by atoms with Gasteiger partial charge < -0.3 is 9.80 Å². The minimum absolute atomic E-state index is 0.120. The highest BCUT2D eigenvalue weighted by molar-refractivity contribution is 8.04. The Hall–Kier alpha value is -3.65. The van der Waals surface area contributed by atoms with Crippen molar-refractivity contribution in [3.05, 3.63) is 94.9 Å². The van der Waals surface area contributed by atoms with Crippen molar-refractivity contribution in [2.45, 2.75) is 4.90 Å². The van der Waals surface area contributed by atoms with Gasteiger partial charge in [-0.3, -0.25) is 14.5 Å². The zero-order chi connectivity index (χ0) is 24.4. The zero-order valence-electron chi connectivity index (χ0n) is 18.9. The normalized spacial score (nSPS) is 17.0. The maximum Gasteiger partial charge on any atom is 0.265 e. The average molecular weight is 492 g/mol. The van der Waals surface area contributed by atoms with Crippen molar-refractivity contribution in [3.8, 4) is 0 Å². The number of carbonyl (C=O) groups is 2. The summed E-state index contributed by atoms with van der Waals surface area (Å²) >= 11 is 1.27. The van der Waals surface area contributed by atoms with Crippen LogP contribution in [0.1, 0.15) is 5.56 Å². The number of piperazine rings is 1. The minimum atomic E-state index is -0.414. The SMILES string of the molecule is O=C(CN1C(=O)/C(=C/c2ccccc2F)Sc2ccccc21)N1CCN(c2ccccc2F)CC1. The summed E-state index contributed by atoms with van der Waals surface area (Å²) < 4.78 is 28.4. The summed E-state index contributed by atoms with van der Waals surface area (Å²) in [6.45, 7) is 1.76. The number of benzene rings is 3. The summed E-state index contributed by atoms with van der Waals surface area (Å²) in [5.41, 5.74) is 1.50. The number of hydrogen-bond donors (Lipinski definition) is 0. The lowest BCUT2D eigenvalue weighted by Crippen LogP contribution is -2.52. The molecule has 35 heavy (non-hydrogen) atoms. The van der Waals surface area contributed by atoms with Gasteiger partial charge in [-0.15, -0.1) is 0 Å². The number of halogens is 2. The highest BCUT2D eigenvalue weighted by atomic mass is 32.2. The quantitative estimate of drug-likeness (QED) is 0.492. The molecule has 0 unspecified atom stereocenters. The van der Waals surface area contributed by atoms with Crippen molar-refractivity contribution in [2.24, 2.45) is 0 Å². The molecule has 0 radical (unpaired) electrons. The van der Waals surface area contributed by atoms with Gasteiger partial charge in [0, 0.05) is 36.6 Å². The van der Waals surface area contributed by atoms with Gasteiger partial charge in [0.15, 0.2) is 0 Å². The molecule has 2 aliphatic rings. The number of hydrogen-bond acceptors (Lipinski definition) is 4. The molecule has 0 spiro atoms. The molecule has 1 fully saturated rings. The zero-order valence-corrected chi connectivity index (χ0v) is 19.7. The number of amides is 2. The van der Waals surface area contributed by atoms with Gasteiger partial charge in [-0.25, -0.2) is 8.78 Å². The molecule has 0 N–H and O–H groups in total. The van der Waals surface area contributed by atoms with Crippen LogP contribution in [0, 0.1) is 11.6 Å². The van der Waals surface area contributed by atoms with Gasteiger partial charge in [0.25, 0.3) is 5.91 Å². The molecule has 3 aromatic carbocycles. The molecule has 2 heterocycles. The van der Waals surface area contributed by atoms with Crippen molar-refractivity contribution in [3.63, 3.8) is 0 Å². The van der Waals surface area contributed by atoms with Gasteiger partial charge in [-0.2, -0.15) is 0 Å². The van der Waals surface area contributed by atoms with Gasteiger partial charge in [0.2, 0.25) is 5.91 Å². The number of nitrogens with zero attached hydrogens (tertiary/aromatic N) is 3. The van der Waals surface area contributed by atoms with Crippen LogP contribution in [0.2, 0.25) is 0 Å². The van der Waals surface area contributed by atoms with Crippen LogP contribution in [-0.4, -0.2) is 49.4 Å². The van der Waals surface area contributed by atoms with E-state index in [0.717, 1.165) is 4.90 Å². The maximum atomic E-state index is 14.2. The van der Waals surface area contributed by atoms with E-state index >= 15 is 0 Å². The molecule has 2 amide bonds. The molecule has 1 saturated heterocycles. The summed E-state index contributed by atoms with van der Waals surface area (Å²) in [5.74, 6) is -1.22. The third kappa shape index (κ3) is 4.79. The molecular formula is C27H23F2N3O2S. The van der Waals surface area contributed by atoms with Crippen LogP contribution in [0.4, 0.5) is 20.2 Å². The maximum absolute atomic E-state index is 14.2.